The Hall–Kier alpha value is -4.38. The van der Waals surface area contributed by atoms with Crippen LogP contribution in [0.25, 0.3) is 23.2 Å². The maximum Gasteiger partial charge on any atom is 0.266 e. The highest BCUT2D eigenvalue weighted by Crippen LogP contribution is 2.28. The Morgan fingerprint density at radius 3 is 2.55 bits per heavy atom. The average molecular weight is 515 g/mol. The summed E-state index contributed by atoms with van der Waals surface area (Å²) in [6.45, 7) is 4.43. The molecule has 0 saturated carbocycles. The van der Waals surface area contributed by atoms with E-state index in [4.69, 9.17) is 14.6 Å². The molecule has 0 saturated heterocycles. The van der Waals surface area contributed by atoms with Gasteiger partial charge in [0.05, 0.1) is 17.8 Å². The van der Waals surface area contributed by atoms with Gasteiger partial charge in [0.2, 0.25) is 11.8 Å². The molecule has 5 rings (SSSR count). The standard InChI is InChI=1S/C27H30N8O3/c1-17-20(15-30-35(17)4)16-34(3)25(36)19-12-21(23-29-10-11-37-23)31-22(13-19)24-32-33-26(38-24)27(2,28)14-18-8-6-5-7-9-18/h5-13,15,17,20H,14,16,28H2,1-4H3. The number of amides is 1. The lowest BCUT2D eigenvalue weighted by Crippen LogP contribution is -2.37. The molecule has 11 heteroatoms. The molecule has 0 radical (unpaired) electrons. The van der Waals surface area contributed by atoms with Crippen LogP contribution in [0.2, 0.25) is 0 Å². The fraction of sp³-hybridized carbons (Fsp3) is 0.333. The number of benzene rings is 1. The van der Waals surface area contributed by atoms with Crippen molar-refractivity contribution < 1.29 is 13.6 Å². The van der Waals surface area contributed by atoms with Crippen LogP contribution in [0.15, 0.2) is 68.9 Å². The lowest BCUT2D eigenvalue weighted by molar-refractivity contribution is 0.0773. The van der Waals surface area contributed by atoms with Crippen molar-refractivity contribution in [1.29, 1.82) is 0 Å². The molecule has 1 aliphatic heterocycles. The van der Waals surface area contributed by atoms with Gasteiger partial charge in [-0.3, -0.25) is 9.80 Å². The van der Waals surface area contributed by atoms with Gasteiger partial charge in [-0.05, 0) is 38.0 Å². The van der Waals surface area contributed by atoms with Crippen molar-refractivity contribution in [3.05, 3.63) is 71.9 Å². The monoisotopic (exact) mass is 514 g/mol. The fourth-order valence-corrected chi connectivity index (χ4v) is 4.39. The van der Waals surface area contributed by atoms with Crippen LogP contribution >= 0.6 is 0 Å². The van der Waals surface area contributed by atoms with Crippen molar-refractivity contribution in [3.8, 4) is 23.2 Å². The van der Waals surface area contributed by atoms with E-state index < -0.39 is 5.54 Å². The van der Waals surface area contributed by atoms with Gasteiger partial charge in [0.25, 0.3) is 11.8 Å². The number of oxazole rings is 1. The van der Waals surface area contributed by atoms with Crippen LogP contribution in [0.4, 0.5) is 0 Å². The van der Waals surface area contributed by atoms with Crippen LogP contribution in [0.3, 0.4) is 0 Å². The Balaban J connectivity index is 1.44. The molecular weight excluding hydrogens is 484 g/mol. The Kier molecular flexibility index (Phi) is 6.77. The van der Waals surface area contributed by atoms with Gasteiger partial charge < -0.3 is 19.5 Å². The van der Waals surface area contributed by atoms with Crippen molar-refractivity contribution >= 4 is 12.1 Å². The van der Waals surface area contributed by atoms with E-state index >= 15 is 0 Å². The molecule has 0 spiro atoms. The molecule has 3 unspecified atom stereocenters. The third-order valence-electron chi connectivity index (χ3n) is 6.75. The van der Waals surface area contributed by atoms with E-state index in [1.54, 1.807) is 24.1 Å². The zero-order valence-electron chi connectivity index (χ0n) is 21.8. The normalized spacial score (nSPS) is 18.5. The molecule has 1 amide bonds. The molecule has 1 aromatic carbocycles. The number of carbonyl (C=O) groups excluding carboxylic acids is 1. The van der Waals surface area contributed by atoms with E-state index in [0.29, 0.717) is 29.9 Å². The number of carbonyl (C=O) groups is 1. The van der Waals surface area contributed by atoms with Crippen molar-refractivity contribution in [3.63, 3.8) is 0 Å². The third kappa shape index (κ3) is 5.18. The second-order valence-electron chi connectivity index (χ2n) is 9.88. The second-order valence-corrected chi connectivity index (χ2v) is 9.88. The number of pyridine rings is 1. The van der Waals surface area contributed by atoms with Crippen LogP contribution in [-0.2, 0) is 12.0 Å². The molecule has 3 atom stereocenters. The highest BCUT2D eigenvalue weighted by atomic mass is 16.4. The first-order chi connectivity index (χ1) is 18.2. The number of aromatic nitrogens is 4. The van der Waals surface area contributed by atoms with Gasteiger partial charge in [-0.1, -0.05) is 30.3 Å². The summed E-state index contributed by atoms with van der Waals surface area (Å²) in [7, 11) is 3.69. The first-order valence-electron chi connectivity index (χ1n) is 12.3. The van der Waals surface area contributed by atoms with Crippen molar-refractivity contribution in [2.75, 3.05) is 20.6 Å². The summed E-state index contributed by atoms with van der Waals surface area (Å²) in [5.74, 6) is 0.612. The highest BCUT2D eigenvalue weighted by Gasteiger charge is 2.30. The summed E-state index contributed by atoms with van der Waals surface area (Å²) < 4.78 is 11.5. The molecule has 0 bridgehead atoms. The lowest BCUT2D eigenvalue weighted by Gasteiger charge is -2.25. The zero-order valence-corrected chi connectivity index (χ0v) is 21.8. The van der Waals surface area contributed by atoms with Gasteiger partial charge in [0.15, 0.2) is 0 Å². The zero-order chi connectivity index (χ0) is 26.9. The number of hydrazone groups is 1. The summed E-state index contributed by atoms with van der Waals surface area (Å²) in [5.41, 5.74) is 7.80. The van der Waals surface area contributed by atoms with Gasteiger partial charge in [-0.15, -0.1) is 10.2 Å². The van der Waals surface area contributed by atoms with E-state index in [2.05, 4.69) is 32.2 Å². The maximum absolute atomic E-state index is 13.5. The minimum absolute atomic E-state index is 0.117. The maximum atomic E-state index is 13.5. The van der Waals surface area contributed by atoms with Gasteiger partial charge in [-0.2, -0.15) is 5.10 Å². The summed E-state index contributed by atoms with van der Waals surface area (Å²) >= 11 is 0. The van der Waals surface area contributed by atoms with E-state index in [1.165, 1.54) is 12.5 Å². The Morgan fingerprint density at radius 1 is 1.16 bits per heavy atom. The van der Waals surface area contributed by atoms with Crippen LogP contribution in [0, 0.1) is 5.92 Å². The van der Waals surface area contributed by atoms with Crippen LogP contribution in [-0.4, -0.2) is 68.9 Å². The van der Waals surface area contributed by atoms with Crippen molar-refractivity contribution in [2.24, 2.45) is 16.8 Å². The molecule has 2 N–H and O–H groups in total. The Morgan fingerprint density at radius 2 is 1.89 bits per heavy atom. The molecule has 4 heterocycles. The molecule has 4 aromatic rings. The molecule has 38 heavy (non-hydrogen) atoms. The average Bonchev–Trinajstić information content (AvgIpc) is 3.68. The van der Waals surface area contributed by atoms with Crippen LogP contribution < -0.4 is 5.73 Å². The van der Waals surface area contributed by atoms with Gasteiger partial charge in [0, 0.05) is 38.3 Å². The summed E-state index contributed by atoms with van der Waals surface area (Å²) in [6, 6.07) is 13.3. The third-order valence-corrected chi connectivity index (χ3v) is 6.75. The van der Waals surface area contributed by atoms with Gasteiger partial charge in [-0.25, -0.2) is 9.97 Å². The van der Waals surface area contributed by atoms with Gasteiger partial charge in [0.1, 0.15) is 17.7 Å². The van der Waals surface area contributed by atoms with E-state index in [-0.39, 0.29) is 35.5 Å². The molecule has 3 aromatic heterocycles. The van der Waals surface area contributed by atoms with Crippen LogP contribution in [0.1, 0.15) is 35.7 Å². The highest BCUT2D eigenvalue weighted by molar-refractivity contribution is 5.96. The predicted molar refractivity (Wildman–Crippen MR) is 141 cm³/mol. The summed E-state index contributed by atoms with van der Waals surface area (Å²) in [6.07, 6.45) is 5.35. The summed E-state index contributed by atoms with van der Waals surface area (Å²) in [5, 5.41) is 14.6. The predicted octanol–water partition coefficient (Wildman–Crippen LogP) is 3.21. The van der Waals surface area contributed by atoms with Gasteiger partial charge >= 0.3 is 0 Å². The molecule has 0 fully saturated rings. The van der Waals surface area contributed by atoms with E-state index in [9.17, 15) is 4.79 Å². The molecule has 1 aliphatic rings. The first kappa shape index (κ1) is 25.3. The minimum atomic E-state index is -0.904. The first-order valence-corrected chi connectivity index (χ1v) is 12.3. The number of rotatable bonds is 8. The molecule has 11 nitrogen and oxygen atoms in total. The summed E-state index contributed by atoms with van der Waals surface area (Å²) in [4.78, 5) is 24.0. The smallest absolute Gasteiger partial charge is 0.266 e. The SMILES string of the molecule is CC1C(CN(C)C(=O)c2cc(-c3ncco3)nc(-c3nnc(C(C)(N)Cc4ccccc4)o3)c2)C=NN1C. The largest absolute Gasteiger partial charge is 0.443 e. The Labute approximate surface area is 220 Å². The Bertz CT molecular complexity index is 1430. The number of hydrogen-bond acceptors (Lipinski definition) is 10. The fourth-order valence-electron chi connectivity index (χ4n) is 4.39. The number of nitrogens with zero attached hydrogens (tertiary/aromatic N) is 7. The molecule has 196 valence electrons. The van der Waals surface area contributed by atoms with Crippen molar-refractivity contribution in [2.45, 2.75) is 31.8 Å². The minimum Gasteiger partial charge on any atom is -0.443 e. The molecular formula is C27H30N8O3. The topological polar surface area (TPSA) is 140 Å². The van der Waals surface area contributed by atoms with E-state index in [1.807, 2.05) is 55.5 Å². The van der Waals surface area contributed by atoms with Crippen LogP contribution in [0.5, 0.6) is 0 Å². The van der Waals surface area contributed by atoms with Crippen molar-refractivity contribution in [1.82, 2.24) is 30.1 Å². The number of nitrogens with two attached hydrogens (primary N) is 1. The molecule has 0 aliphatic carbocycles. The number of hydrogen-bond donors (Lipinski definition) is 1. The quantitative estimate of drug-likeness (QED) is 0.375. The lowest BCUT2D eigenvalue weighted by atomic mass is 9.94. The van der Waals surface area contributed by atoms with E-state index in [0.717, 1.165) is 5.56 Å². The second kappa shape index (κ2) is 10.2.